The fourth-order valence-corrected chi connectivity index (χ4v) is 3.59. The second-order valence-corrected chi connectivity index (χ2v) is 7.54. The fourth-order valence-electron chi connectivity index (χ4n) is 2.72. The Morgan fingerprint density at radius 3 is 2.77 bits per heavy atom. The molecular formula is C20H26FN3OS. The summed E-state index contributed by atoms with van der Waals surface area (Å²) in [5.74, 6) is 0.208. The molecular weight excluding hydrogens is 349 g/mol. The van der Waals surface area contributed by atoms with E-state index in [-0.39, 0.29) is 17.7 Å². The minimum atomic E-state index is -0.260. The molecule has 2 rings (SSSR count). The first-order chi connectivity index (χ1) is 12.4. The molecule has 6 heteroatoms. The molecule has 0 bridgehead atoms. The normalized spacial score (nSPS) is 19.5. The number of rotatable bonds is 8. The van der Waals surface area contributed by atoms with Crippen LogP contribution in [0, 0.1) is 11.8 Å². The van der Waals surface area contributed by atoms with Crippen molar-refractivity contribution in [2.24, 2.45) is 11.8 Å². The topological polar surface area (TPSA) is 54.0 Å². The fraction of sp³-hybridized carbons (Fsp3) is 0.400. The molecule has 1 aromatic heterocycles. The molecule has 1 amide bonds. The van der Waals surface area contributed by atoms with E-state index >= 15 is 0 Å². The largest absolute Gasteiger partial charge is 0.319 e. The van der Waals surface area contributed by atoms with Gasteiger partial charge in [-0.05, 0) is 58.9 Å². The number of halogens is 1. The van der Waals surface area contributed by atoms with Gasteiger partial charge in [0.1, 0.15) is 5.83 Å². The lowest BCUT2D eigenvalue weighted by atomic mass is 10.1. The van der Waals surface area contributed by atoms with Crippen LogP contribution in [0.1, 0.15) is 37.8 Å². The summed E-state index contributed by atoms with van der Waals surface area (Å²) in [7, 11) is 1.89. The van der Waals surface area contributed by atoms with E-state index in [9.17, 15) is 9.18 Å². The van der Waals surface area contributed by atoms with E-state index in [2.05, 4.69) is 22.2 Å². The van der Waals surface area contributed by atoms with E-state index < -0.39 is 0 Å². The lowest BCUT2D eigenvalue weighted by molar-refractivity contribution is -0.117. The highest BCUT2D eigenvalue weighted by Gasteiger charge is 2.42. The van der Waals surface area contributed by atoms with Crippen LogP contribution in [0.5, 0.6) is 0 Å². The van der Waals surface area contributed by atoms with E-state index in [0.717, 1.165) is 23.4 Å². The molecule has 0 aromatic carbocycles. The third-order valence-electron chi connectivity index (χ3n) is 4.28. The van der Waals surface area contributed by atoms with Crippen LogP contribution in [-0.2, 0) is 4.79 Å². The summed E-state index contributed by atoms with van der Waals surface area (Å²) >= 11 is 1.36. The van der Waals surface area contributed by atoms with Crippen LogP contribution >= 0.6 is 11.3 Å². The third kappa shape index (κ3) is 4.99. The number of nitrogens with one attached hydrogen (secondary N) is 2. The van der Waals surface area contributed by atoms with Crippen LogP contribution in [0.3, 0.4) is 0 Å². The molecule has 4 nitrogen and oxygen atoms in total. The Labute approximate surface area is 158 Å². The van der Waals surface area contributed by atoms with E-state index in [4.69, 9.17) is 0 Å². The first-order valence-corrected chi connectivity index (χ1v) is 9.49. The van der Waals surface area contributed by atoms with Gasteiger partial charge in [-0.25, -0.2) is 9.37 Å². The highest BCUT2D eigenvalue weighted by Crippen LogP contribution is 2.39. The monoisotopic (exact) mass is 375 g/mol. The number of carbonyl (C=O) groups is 1. The Kier molecular flexibility index (Phi) is 7.06. The van der Waals surface area contributed by atoms with Gasteiger partial charge in [0, 0.05) is 11.5 Å². The van der Waals surface area contributed by atoms with Gasteiger partial charge in [-0.2, -0.15) is 0 Å². The van der Waals surface area contributed by atoms with E-state index in [1.807, 2.05) is 27.0 Å². The van der Waals surface area contributed by atoms with Gasteiger partial charge in [0.25, 0.3) is 0 Å². The number of hydrogen-bond acceptors (Lipinski definition) is 4. The summed E-state index contributed by atoms with van der Waals surface area (Å²) < 4.78 is 14.0. The molecule has 0 spiro atoms. The second kappa shape index (κ2) is 9.05. The number of carbonyl (C=O) groups excluding carboxylic acids is 1. The van der Waals surface area contributed by atoms with Crippen LogP contribution < -0.4 is 10.6 Å². The summed E-state index contributed by atoms with van der Waals surface area (Å²) in [6.07, 6.45) is 7.54. The number of anilines is 1. The van der Waals surface area contributed by atoms with Crippen LogP contribution in [0.25, 0.3) is 12.2 Å². The van der Waals surface area contributed by atoms with E-state index in [1.54, 1.807) is 19.1 Å². The van der Waals surface area contributed by atoms with Crippen molar-refractivity contribution < 1.29 is 9.18 Å². The molecule has 0 radical (unpaired) electrons. The Morgan fingerprint density at radius 2 is 2.19 bits per heavy atom. The van der Waals surface area contributed by atoms with Crippen LogP contribution in [0.15, 0.2) is 35.7 Å². The maximum atomic E-state index is 14.0. The van der Waals surface area contributed by atoms with Crippen molar-refractivity contribution in [3.8, 4) is 0 Å². The van der Waals surface area contributed by atoms with Crippen molar-refractivity contribution in [1.82, 2.24) is 10.3 Å². The zero-order chi connectivity index (χ0) is 19.3. The number of amides is 1. The molecule has 2 unspecified atom stereocenters. The highest BCUT2D eigenvalue weighted by molar-refractivity contribution is 7.16. The Hall–Kier alpha value is -2.05. The lowest BCUT2D eigenvalue weighted by Crippen LogP contribution is -2.18. The maximum Gasteiger partial charge on any atom is 0.229 e. The molecule has 2 N–H and O–H groups in total. The van der Waals surface area contributed by atoms with Crippen molar-refractivity contribution in [3.63, 3.8) is 0 Å². The molecule has 1 aromatic rings. The van der Waals surface area contributed by atoms with Crippen molar-refractivity contribution in [1.29, 1.82) is 0 Å². The average Bonchev–Trinajstić information content (AvgIpc) is 3.27. The molecule has 1 aliphatic carbocycles. The summed E-state index contributed by atoms with van der Waals surface area (Å²) in [5, 5.41) is 6.54. The number of hydrogen-bond donors (Lipinski definition) is 2. The van der Waals surface area contributed by atoms with Gasteiger partial charge in [-0.1, -0.05) is 35.6 Å². The summed E-state index contributed by atoms with van der Waals surface area (Å²) in [5.41, 5.74) is 2.12. The number of thiazole rings is 1. The molecule has 0 saturated heterocycles. The smallest absolute Gasteiger partial charge is 0.229 e. The number of nitrogens with zero attached hydrogens (tertiary/aromatic N) is 1. The molecule has 1 heterocycles. The molecule has 0 aliphatic heterocycles. The number of aromatic nitrogens is 1. The van der Waals surface area contributed by atoms with Crippen molar-refractivity contribution in [2.45, 2.75) is 27.2 Å². The Bertz CT molecular complexity index is 772. The lowest BCUT2D eigenvalue weighted by Gasteiger charge is -2.01. The summed E-state index contributed by atoms with van der Waals surface area (Å²) in [4.78, 5) is 17.5. The first-order valence-electron chi connectivity index (χ1n) is 8.67. The molecule has 1 fully saturated rings. The van der Waals surface area contributed by atoms with Crippen LogP contribution in [0.2, 0.25) is 0 Å². The van der Waals surface area contributed by atoms with Crippen molar-refractivity contribution >= 4 is 34.5 Å². The maximum absolute atomic E-state index is 14.0. The van der Waals surface area contributed by atoms with Gasteiger partial charge in [-0.15, -0.1) is 0 Å². The predicted octanol–water partition coefficient (Wildman–Crippen LogP) is 4.80. The molecule has 2 atom stereocenters. The standard InChI is InChI=1S/C20H26FN3OS/c1-6-16(21)14(12(3)4)8-9-18-17(7-2)23-20(26-18)24-19(25)15-10-13(15)11-22-5/h6-9,13,15,22H,2,10-11H2,1,3-5H3,(H,23,24,25)/b9-8+,16-6+. The highest BCUT2D eigenvalue weighted by atomic mass is 32.1. The summed E-state index contributed by atoms with van der Waals surface area (Å²) in [6.45, 7) is 10.0. The average molecular weight is 376 g/mol. The predicted molar refractivity (Wildman–Crippen MR) is 109 cm³/mol. The van der Waals surface area contributed by atoms with Gasteiger partial charge >= 0.3 is 0 Å². The third-order valence-corrected chi connectivity index (χ3v) is 5.23. The van der Waals surface area contributed by atoms with Crippen LogP contribution in [-0.4, -0.2) is 24.5 Å². The van der Waals surface area contributed by atoms with Crippen molar-refractivity contribution in [3.05, 3.63) is 46.3 Å². The first kappa shape index (κ1) is 20.3. The minimum absolute atomic E-state index is 0.00934. The molecule has 1 saturated carbocycles. The van der Waals surface area contributed by atoms with E-state index in [0.29, 0.717) is 22.3 Å². The quantitative estimate of drug-likeness (QED) is 0.642. The van der Waals surface area contributed by atoms with Gasteiger partial charge in [0.2, 0.25) is 5.91 Å². The van der Waals surface area contributed by atoms with Gasteiger partial charge in [0.15, 0.2) is 5.13 Å². The van der Waals surface area contributed by atoms with Crippen LogP contribution in [0.4, 0.5) is 9.52 Å². The number of allylic oxidation sites excluding steroid dienone is 5. The van der Waals surface area contributed by atoms with Gasteiger partial charge < -0.3 is 10.6 Å². The van der Waals surface area contributed by atoms with Gasteiger partial charge in [0.05, 0.1) is 10.6 Å². The van der Waals surface area contributed by atoms with Gasteiger partial charge in [-0.3, -0.25) is 4.79 Å². The zero-order valence-corrected chi connectivity index (χ0v) is 16.5. The Balaban J connectivity index is 2.14. The minimum Gasteiger partial charge on any atom is -0.319 e. The molecule has 1 aliphatic rings. The zero-order valence-electron chi connectivity index (χ0n) is 15.7. The second-order valence-electron chi connectivity index (χ2n) is 6.51. The molecule has 140 valence electrons. The summed E-state index contributed by atoms with van der Waals surface area (Å²) in [6, 6.07) is 0. The Morgan fingerprint density at radius 1 is 1.46 bits per heavy atom. The molecule has 26 heavy (non-hydrogen) atoms. The van der Waals surface area contributed by atoms with E-state index in [1.165, 1.54) is 17.4 Å². The van der Waals surface area contributed by atoms with Crippen molar-refractivity contribution in [2.75, 3.05) is 18.9 Å². The SMILES string of the molecule is C=Cc1nc(NC(=O)C2CC2CNC)sc1/C=C/C(=C(C)C)/C(F)=C\C.